The summed E-state index contributed by atoms with van der Waals surface area (Å²) in [6.07, 6.45) is 0.892. The van der Waals surface area contributed by atoms with Gasteiger partial charge in [-0.05, 0) is 13.3 Å². The first-order chi connectivity index (χ1) is 7.48. The maximum Gasteiger partial charge on any atom is 0.325 e. The van der Waals surface area contributed by atoms with Crippen LogP contribution in [0.2, 0.25) is 0 Å². The summed E-state index contributed by atoms with van der Waals surface area (Å²) in [5, 5.41) is 0. The summed E-state index contributed by atoms with van der Waals surface area (Å²) >= 11 is 0. The average molecular weight is 249 g/mol. The number of carbonyl (C=O) groups is 2. The van der Waals surface area contributed by atoms with Crippen LogP contribution < -0.4 is 0 Å². The molecule has 92 valence electrons. The molecule has 0 aromatic carbocycles. The van der Waals surface area contributed by atoms with Gasteiger partial charge in [0.1, 0.15) is 6.54 Å². The number of hydrogen-bond acceptors (Lipinski definition) is 5. The van der Waals surface area contributed by atoms with E-state index in [-0.39, 0.29) is 24.7 Å². The van der Waals surface area contributed by atoms with E-state index in [0.717, 1.165) is 0 Å². The molecule has 0 saturated carbocycles. The molecule has 0 spiro atoms. The molecule has 0 aromatic heterocycles. The molecule has 6 nitrogen and oxygen atoms in total. The fraction of sp³-hybridized carbons (Fsp3) is 0.778. The van der Waals surface area contributed by atoms with Crippen molar-refractivity contribution in [3.63, 3.8) is 0 Å². The molecule has 7 heteroatoms. The minimum atomic E-state index is -3.05. The maximum atomic E-state index is 11.2. The number of esters is 1. The van der Waals surface area contributed by atoms with E-state index in [1.807, 2.05) is 0 Å². The third-order valence-corrected chi connectivity index (χ3v) is 4.18. The van der Waals surface area contributed by atoms with E-state index in [0.29, 0.717) is 12.8 Å². The molecule has 0 bridgehead atoms. The lowest BCUT2D eigenvalue weighted by Crippen LogP contribution is -2.39. The van der Waals surface area contributed by atoms with E-state index in [1.165, 1.54) is 4.90 Å². The van der Waals surface area contributed by atoms with E-state index < -0.39 is 21.8 Å². The van der Waals surface area contributed by atoms with Gasteiger partial charge in [-0.25, -0.2) is 8.42 Å². The second-order valence-corrected chi connectivity index (χ2v) is 5.87. The standard InChI is InChI=1S/C9H15NO5S/c1-2-15-9(12)5-10(7-11)8-3-4-16(13,14)6-8/h7-8H,2-6H2,1H3/t8-/m0/s1. The number of rotatable bonds is 5. The number of amides is 1. The van der Waals surface area contributed by atoms with Crippen molar-refractivity contribution >= 4 is 22.2 Å². The van der Waals surface area contributed by atoms with Crippen molar-refractivity contribution < 1.29 is 22.7 Å². The molecular formula is C9H15NO5S. The highest BCUT2D eigenvalue weighted by Gasteiger charge is 2.32. The van der Waals surface area contributed by atoms with Crippen molar-refractivity contribution in [1.29, 1.82) is 0 Å². The highest BCUT2D eigenvalue weighted by molar-refractivity contribution is 7.91. The molecule has 0 unspecified atom stereocenters. The van der Waals surface area contributed by atoms with Crippen LogP contribution in [0.15, 0.2) is 0 Å². The van der Waals surface area contributed by atoms with E-state index >= 15 is 0 Å². The van der Waals surface area contributed by atoms with E-state index in [1.54, 1.807) is 6.92 Å². The lowest BCUT2D eigenvalue weighted by molar-refractivity contribution is -0.147. The summed E-state index contributed by atoms with van der Waals surface area (Å²) in [4.78, 5) is 23.1. The van der Waals surface area contributed by atoms with Crippen LogP contribution >= 0.6 is 0 Å². The molecule has 1 fully saturated rings. The predicted octanol–water partition coefficient (Wildman–Crippen LogP) is -0.805. The molecule has 16 heavy (non-hydrogen) atoms. The second-order valence-electron chi connectivity index (χ2n) is 3.64. The van der Waals surface area contributed by atoms with Crippen molar-refractivity contribution in [2.75, 3.05) is 24.7 Å². The van der Waals surface area contributed by atoms with Gasteiger partial charge in [0.25, 0.3) is 0 Å². The summed E-state index contributed by atoms with van der Waals surface area (Å²) in [5.41, 5.74) is 0. The van der Waals surface area contributed by atoms with E-state index in [4.69, 9.17) is 4.74 Å². The van der Waals surface area contributed by atoms with Gasteiger partial charge in [-0.3, -0.25) is 9.59 Å². The summed E-state index contributed by atoms with van der Waals surface area (Å²) < 4.78 is 27.1. The number of nitrogens with zero attached hydrogens (tertiary/aromatic N) is 1. The van der Waals surface area contributed by atoms with Gasteiger partial charge in [0.2, 0.25) is 6.41 Å². The molecule has 1 aliphatic rings. The maximum absolute atomic E-state index is 11.2. The molecule has 0 aromatic rings. The lowest BCUT2D eigenvalue weighted by Gasteiger charge is -2.22. The Labute approximate surface area is 94.5 Å². The number of ether oxygens (including phenoxy) is 1. The Balaban J connectivity index is 2.56. The fourth-order valence-electron chi connectivity index (χ4n) is 1.65. The number of sulfone groups is 1. The molecule has 1 saturated heterocycles. The molecule has 0 aliphatic carbocycles. The van der Waals surface area contributed by atoms with Crippen molar-refractivity contribution in [2.24, 2.45) is 0 Å². The Bertz CT molecular complexity index is 364. The molecule has 1 heterocycles. The summed E-state index contributed by atoms with van der Waals surface area (Å²) in [7, 11) is -3.05. The lowest BCUT2D eigenvalue weighted by atomic mass is 10.2. The topological polar surface area (TPSA) is 80.8 Å². The van der Waals surface area contributed by atoms with Crippen LogP contribution in [0.4, 0.5) is 0 Å². The first kappa shape index (κ1) is 13.0. The Kier molecular flexibility index (Phi) is 4.28. The van der Waals surface area contributed by atoms with Gasteiger partial charge in [-0.1, -0.05) is 0 Å². The minimum absolute atomic E-state index is 0.0643. The zero-order chi connectivity index (χ0) is 12.2. The average Bonchev–Trinajstić information content (AvgIpc) is 2.55. The van der Waals surface area contributed by atoms with Crippen LogP contribution in [0.3, 0.4) is 0 Å². The van der Waals surface area contributed by atoms with Gasteiger partial charge >= 0.3 is 5.97 Å². The number of hydrogen-bond donors (Lipinski definition) is 0. The second kappa shape index (κ2) is 5.29. The molecule has 0 radical (unpaired) electrons. The first-order valence-electron chi connectivity index (χ1n) is 5.05. The minimum Gasteiger partial charge on any atom is -0.465 e. The van der Waals surface area contributed by atoms with Crippen LogP contribution in [-0.2, 0) is 24.2 Å². The Morgan fingerprint density at radius 2 is 2.25 bits per heavy atom. The fourth-order valence-corrected chi connectivity index (χ4v) is 3.39. The van der Waals surface area contributed by atoms with Gasteiger partial charge in [-0.15, -0.1) is 0 Å². The van der Waals surface area contributed by atoms with Crippen molar-refractivity contribution in [1.82, 2.24) is 4.90 Å². The molecule has 1 rings (SSSR count). The number of carbonyl (C=O) groups excluding carboxylic acids is 2. The third-order valence-electron chi connectivity index (χ3n) is 2.43. The quantitative estimate of drug-likeness (QED) is 0.470. The Hall–Kier alpha value is -1.11. The highest BCUT2D eigenvalue weighted by Crippen LogP contribution is 2.16. The van der Waals surface area contributed by atoms with Gasteiger partial charge in [0.15, 0.2) is 9.84 Å². The van der Waals surface area contributed by atoms with Crippen LogP contribution in [0.1, 0.15) is 13.3 Å². The van der Waals surface area contributed by atoms with Crippen molar-refractivity contribution in [3.05, 3.63) is 0 Å². The van der Waals surface area contributed by atoms with Crippen molar-refractivity contribution in [2.45, 2.75) is 19.4 Å². The van der Waals surface area contributed by atoms with Crippen LogP contribution in [0, 0.1) is 0 Å². The van der Waals surface area contributed by atoms with Crippen LogP contribution in [0.5, 0.6) is 0 Å². The van der Waals surface area contributed by atoms with Gasteiger partial charge in [0.05, 0.1) is 18.1 Å². The zero-order valence-corrected chi connectivity index (χ0v) is 9.90. The molecular weight excluding hydrogens is 234 g/mol. The van der Waals surface area contributed by atoms with Crippen molar-refractivity contribution in [3.8, 4) is 0 Å². The first-order valence-corrected chi connectivity index (χ1v) is 6.87. The van der Waals surface area contributed by atoms with E-state index in [2.05, 4.69) is 0 Å². The summed E-state index contributed by atoms with van der Waals surface area (Å²) in [6, 6.07) is -0.396. The summed E-state index contributed by atoms with van der Waals surface area (Å²) in [5.74, 6) is -0.505. The van der Waals surface area contributed by atoms with E-state index in [9.17, 15) is 18.0 Å². The summed E-state index contributed by atoms with van der Waals surface area (Å²) in [6.45, 7) is 1.73. The Morgan fingerprint density at radius 3 is 2.69 bits per heavy atom. The Morgan fingerprint density at radius 1 is 1.56 bits per heavy atom. The van der Waals surface area contributed by atoms with Crippen LogP contribution in [-0.4, -0.2) is 56.4 Å². The largest absolute Gasteiger partial charge is 0.465 e. The van der Waals surface area contributed by atoms with Gasteiger partial charge < -0.3 is 9.64 Å². The monoisotopic (exact) mass is 249 g/mol. The molecule has 1 amide bonds. The van der Waals surface area contributed by atoms with Gasteiger partial charge in [0, 0.05) is 6.04 Å². The molecule has 1 aliphatic heterocycles. The normalized spacial score (nSPS) is 22.7. The van der Waals surface area contributed by atoms with Crippen LogP contribution in [0.25, 0.3) is 0 Å². The smallest absolute Gasteiger partial charge is 0.325 e. The molecule has 0 N–H and O–H groups in total. The van der Waals surface area contributed by atoms with Gasteiger partial charge in [-0.2, -0.15) is 0 Å². The SMILES string of the molecule is CCOC(=O)CN(C=O)[C@H]1CCS(=O)(=O)C1. The third kappa shape index (κ3) is 3.48. The molecule has 1 atom stereocenters. The predicted molar refractivity (Wildman–Crippen MR) is 56.5 cm³/mol. The zero-order valence-electron chi connectivity index (χ0n) is 9.09. The highest BCUT2D eigenvalue weighted by atomic mass is 32.2.